The summed E-state index contributed by atoms with van der Waals surface area (Å²) >= 11 is 3.33. The van der Waals surface area contributed by atoms with Crippen LogP contribution in [0.3, 0.4) is 0 Å². The summed E-state index contributed by atoms with van der Waals surface area (Å²) in [5.74, 6) is 0. The summed E-state index contributed by atoms with van der Waals surface area (Å²) in [6.45, 7) is 2.17. The molecular formula is C14H14BrCl2NZr. The van der Waals surface area contributed by atoms with E-state index in [0.717, 1.165) is 0 Å². The van der Waals surface area contributed by atoms with Crippen LogP contribution in [0.4, 0.5) is 0 Å². The zero-order valence-electron chi connectivity index (χ0n) is 10.8. The molecule has 0 aromatic carbocycles. The van der Waals surface area contributed by atoms with Gasteiger partial charge in [-0.25, -0.2) is 0 Å². The van der Waals surface area contributed by atoms with Gasteiger partial charge in [0.2, 0.25) is 0 Å². The number of halogens is 3. The topological polar surface area (TPSA) is 3.24 Å². The van der Waals surface area contributed by atoms with E-state index >= 15 is 0 Å². The van der Waals surface area contributed by atoms with Gasteiger partial charge in [0.25, 0.3) is 0 Å². The molecule has 1 nitrogen and oxygen atoms in total. The van der Waals surface area contributed by atoms with E-state index in [9.17, 15) is 0 Å². The third kappa shape index (κ3) is 3.21. The number of hydrogen-bond acceptors (Lipinski definition) is 1. The minimum atomic E-state index is -0.652. The molecule has 0 N–H and O–H groups in total. The zero-order valence-corrected chi connectivity index (χ0v) is 16.3. The first kappa shape index (κ1) is 17.5. The van der Waals surface area contributed by atoms with Crippen molar-refractivity contribution in [3.63, 3.8) is 0 Å². The molecule has 1 atom stereocenters. The van der Waals surface area contributed by atoms with Crippen LogP contribution in [0.1, 0.15) is 13.3 Å². The second-order valence-corrected chi connectivity index (χ2v) is 11.8. The summed E-state index contributed by atoms with van der Waals surface area (Å²) in [4.78, 5) is 2.42. The van der Waals surface area contributed by atoms with E-state index in [-0.39, 0.29) is 27.0 Å². The fourth-order valence-corrected chi connectivity index (χ4v) is 7.73. The van der Waals surface area contributed by atoms with Gasteiger partial charge in [-0.15, -0.1) is 0 Å². The van der Waals surface area contributed by atoms with Gasteiger partial charge >= 0.3 is 123 Å². The Hall–Kier alpha value is 0.443. The van der Waals surface area contributed by atoms with Crippen molar-refractivity contribution in [2.75, 3.05) is 7.05 Å². The first-order valence-corrected chi connectivity index (χ1v) is 9.03. The van der Waals surface area contributed by atoms with Crippen molar-refractivity contribution in [3.05, 3.63) is 56.6 Å². The van der Waals surface area contributed by atoms with E-state index in [1.54, 1.807) is 3.28 Å². The number of hydrogen-bond donors (Lipinski definition) is 0. The summed E-state index contributed by atoms with van der Waals surface area (Å²) in [5, 5.41) is 0. The second-order valence-electron chi connectivity index (χ2n) is 4.70. The van der Waals surface area contributed by atoms with Gasteiger partial charge < -0.3 is 24.8 Å². The molecule has 1 aliphatic heterocycles. The van der Waals surface area contributed by atoms with E-state index in [4.69, 9.17) is 0 Å². The average Bonchev–Trinajstić information content (AvgIpc) is 2.90. The number of fused-ring (bicyclic) bond motifs is 1. The molecule has 0 saturated heterocycles. The number of likely N-dealkylation sites (N-methyl/N-ethyl adjacent to an activating group) is 1. The summed E-state index contributed by atoms with van der Waals surface area (Å²) in [6.07, 6.45) is 14.9. The van der Waals surface area contributed by atoms with Gasteiger partial charge in [-0.05, 0) is 0 Å². The molecule has 100 valence electrons. The third-order valence-electron chi connectivity index (χ3n) is 3.35. The number of rotatable bonds is 2. The van der Waals surface area contributed by atoms with Gasteiger partial charge in [0.1, 0.15) is 0 Å². The van der Waals surface area contributed by atoms with E-state index in [1.165, 1.54) is 23.3 Å². The Kier molecular flexibility index (Phi) is 5.96. The van der Waals surface area contributed by atoms with Crippen molar-refractivity contribution in [3.8, 4) is 0 Å². The summed E-state index contributed by atoms with van der Waals surface area (Å²) in [6, 6.07) is 0. The Balaban J connectivity index is 0.000000902. The largest absolute Gasteiger partial charge is 1.00 e. The maximum Gasteiger partial charge on any atom is -1.00 e. The Morgan fingerprint density at radius 2 is 2.05 bits per heavy atom. The first-order valence-electron chi connectivity index (χ1n) is 5.78. The molecule has 2 aliphatic carbocycles. The molecular weight excluding hydrogens is 424 g/mol. The minimum absolute atomic E-state index is 0. The van der Waals surface area contributed by atoms with Crippen molar-refractivity contribution in [1.29, 1.82) is 0 Å². The van der Waals surface area contributed by atoms with Crippen molar-refractivity contribution < 1.29 is 48.0 Å². The summed E-state index contributed by atoms with van der Waals surface area (Å²) < 4.78 is 1.79. The maximum absolute atomic E-state index is 3.98. The van der Waals surface area contributed by atoms with Crippen molar-refractivity contribution in [2.45, 2.75) is 15.5 Å². The number of allylic oxidation sites excluding steroid dienone is 7. The van der Waals surface area contributed by atoms with Crippen LogP contribution in [0.2, 0.25) is 0 Å². The van der Waals surface area contributed by atoms with Gasteiger partial charge in [-0.3, -0.25) is 0 Å². The normalized spacial score (nSPS) is 26.6. The molecule has 3 rings (SSSR count). The SMILES string of the molecule is CC1=CC2=C[C](Br)([Zr+2][C]3=CC=CC3)N(C)C2=C1.[Cl-].[Cl-]. The molecule has 19 heavy (non-hydrogen) atoms. The molecule has 0 spiro atoms. The molecule has 0 aromatic heterocycles. The van der Waals surface area contributed by atoms with E-state index in [0.29, 0.717) is 0 Å². The monoisotopic (exact) mass is 435 g/mol. The summed E-state index contributed by atoms with van der Waals surface area (Å²) in [5.41, 5.74) is 4.14. The van der Waals surface area contributed by atoms with Crippen molar-refractivity contribution in [1.82, 2.24) is 4.90 Å². The van der Waals surface area contributed by atoms with Gasteiger partial charge in [0, 0.05) is 0 Å². The number of alkyl halides is 1. The van der Waals surface area contributed by atoms with Crippen LogP contribution >= 0.6 is 15.9 Å². The van der Waals surface area contributed by atoms with Gasteiger partial charge in [-0.2, -0.15) is 0 Å². The van der Waals surface area contributed by atoms with Gasteiger partial charge in [0.05, 0.1) is 0 Å². The van der Waals surface area contributed by atoms with Crippen LogP contribution in [0, 0.1) is 0 Å². The zero-order chi connectivity index (χ0) is 12.0. The van der Waals surface area contributed by atoms with Crippen LogP contribution in [0.15, 0.2) is 56.6 Å². The molecule has 0 amide bonds. The second kappa shape index (κ2) is 6.47. The van der Waals surface area contributed by atoms with Crippen LogP contribution < -0.4 is 24.8 Å². The Morgan fingerprint density at radius 3 is 2.63 bits per heavy atom. The van der Waals surface area contributed by atoms with Gasteiger partial charge in [-0.1, -0.05) is 0 Å². The van der Waals surface area contributed by atoms with Crippen LogP contribution in [0.25, 0.3) is 0 Å². The Morgan fingerprint density at radius 1 is 1.32 bits per heavy atom. The molecule has 0 aromatic rings. The van der Waals surface area contributed by atoms with Crippen LogP contribution in [-0.4, -0.2) is 14.1 Å². The Labute approximate surface area is 147 Å². The van der Waals surface area contributed by atoms with E-state index in [2.05, 4.69) is 71.3 Å². The molecule has 0 radical (unpaired) electrons. The Bertz CT molecular complexity index is 534. The third-order valence-corrected chi connectivity index (χ3v) is 9.02. The molecule has 5 heteroatoms. The van der Waals surface area contributed by atoms with Gasteiger partial charge in [0.15, 0.2) is 0 Å². The van der Waals surface area contributed by atoms with Crippen molar-refractivity contribution >= 4 is 15.9 Å². The van der Waals surface area contributed by atoms with Crippen molar-refractivity contribution in [2.24, 2.45) is 0 Å². The molecule has 1 unspecified atom stereocenters. The molecule has 0 bridgehead atoms. The minimum Gasteiger partial charge on any atom is -1.00 e. The fraction of sp³-hybridized carbons (Fsp3) is 0.286. The standard InChI is InChI=1S/C9H9BrN.C5H5.2ClH.Zr/c1-6-3-7-5-9(10)11(2)8(7)4-6;1-2-4-5-3-1;;;/h3-5H,1-2H3;1-3H,4H2;2*1H;/q;;;;+2/p-2. The molecule has 0 fully saturated rings. The predicted molar refractivity (Wildman–Crippen MR) is 71.2 cm³/mol. The first-order chi connectivity index (χ1) is 8.08. The number of nitrogens with zero attached hydrogens (tertiary/aromatic N) is 1. The average molecular weight is 438 g/mol. The van der Waals surface area contributed by atoms with Crippen LogP contribution in [-0.2, 0) is 23.2 Å². The quantitative estimate of drug-likeness (QED) is 0.346. The van der Waals surface area contributed by atoms with E-state index in [1.807, 2.05) is 0 Å². The fourth-order valence-electron chi connectivity index (χ4n) is 2.43. The van der Waals surface area contributed by atoms with E-state index < -0.39 is 23.2 Å². The maximum atomic E-state index is 3.98. The predicted octanol–water partition coefficient (Wildman–Crippen LogP) is -2.31. The summed E-state index contributed by atoms with van der Waals surface area (Å²) in [7, 11) is 2.21. The van der Waals surface area contributed by atoms with Crippen LogP contribution in [0.5, 0.6) is 0 Å². The molecule has 3 aliphatic rings. The molecule has 1 heterocycles. The molecule has 0 saturated carbocycles. The smallest absolute Gasteiger partial charge is 1.00 e.